The van der Waals surface area contributed by atoms with Crippen LogP contribution >= 0.6 is 0 Å². The second kappa shape index (κ2) is 8.12. The summed E-state index contributed by atoms with van der Waals surface area (Å²) in [4.78, 5) is 14.8. The Kier molecular flexibility index (Phi) is 5.14. The topological polar surface area (TPSA) is 49.8 Å². The molecule has 0 aromatic heterocycles. The van der Waals surface area contributed by atoms with E-state index < -0.39 is 46.8 Å². The number of nitrogens with zero attached hydrogens (tertiary/aromatic N) is 1. The van der Waals surface area contributed by atoms with Gasteiger partial charge in [-0.05, 0) is 47.2 Å². The number of amides is 1. The smallest absolute Gasteiger partial charge is 0.410 e. The third kappa shape index (κ3) is 3.44. The van der Waals surface area contributed by atoms with Crippen molar-refractivity contribution in [2.24, 2.45) is 0 Å². The third-order valence-electron chi connectivity index (χ3n) is 7.82. The number of hydrogen-bond donors (Lipinski definition) is 1. The van der Waals surface area contributed by atoms with Crippen molar-refractivity contribution in [1.82, 2.24) is 4.90 Å². The minimum atomic E-state index is -1.89. The van der Waals surface area contributed by atoms with Gasteiger partial charge in [-0.15, -0.1) is 0 Å². The van der Waals surface area contributed by atoms with Crippen molar-refractivity contribution < 1.29 is 27.8 Å². The van der Waals surface area contributed by atoms with Gasteiger partial charge in [-0.1, -0.05) is 48.5 Å². The molecular weight excluding hydrogens is 455 g/mol. The Bertz CT molecular complexity index is 1270. The van der Waals surface area contributed by atoms with E-state index in [4.69, 9.17) is 4.74 Å². The molecule has 4 nitrogen and oxygen atoms in total. The Hall–Kier alpha value is -3.32. The molecule has 2 bridgehead atoms. The van der Waals surface area contributed by atoms with Crippen LogP contribution in [0.3, 0.4) is 0 Å². The lowest BCUT2D eigenvalue weighted by Crippen LogP contribution is -2.52. The summed E-state index contributed by atoms with van der Waals surface area (Å²) >= 11 is 0. The molecular formula is C28H24F3NO3. The number of rotatable bonds is 3. The van der Waals surface area contributed by atoms with Gasteiger partial charge >= 0.3 is 6.09 Å². The van der Waals surface area contributed by atoms with E-state index in [0.717, 1.165) is 28.3 Å². The Balaban J connectivity index is 1.21. The first-order valence-electron chi connectivity index (χ1n) is 11.9. The molecule has 2 aliphatic heterocycles. The molecule has 1 N–H and O–H groups in total. The second-order valence-corrected chi connectivity index (χ2v) is 9.75. The molecule has 180 valence electrons. The highest BCUT2D eigenvalue weighted by atomic mass is 19.2. The molecule has 3 aliphatic rings. The van der Waals surface area contributed by atoms with E-state index in [-0.39, 0.29) is 25.4 Å². The highest BCUT2D eigenvalue weighted by Gasteiger charge is 2.52. The lowest BCUT2D eigenvalue weighted by molar-refractivity contribution is -0.0576. The molecule has 3 aromatic carbocycles. The van der Waals surface area contributed by atoms with Gasteiger partial charge in [0.2, 0.25) is 0 Å². The number of carbonyl (C=O) groups is 1. The van der Waals surface area contributed by atoms with Gasteiger partial charge in [0.05, 0.1) is 11.2 Å². The zero-order chi connectivity index (χ0) is 24.3. The van der Waals surface area contributed by atoms with Gasteiger partial charge in [0, 0.05) is 30.8 Å². The molecule has 0 saturated carbocycles. The number of carbonyl (C=O) groups excluding carboxylic acids is 1. The maximum absolute atomic E-state index is 14.5. The van der Waals surface area contributed by atoms with Gasteiger partial charge in [0.25, 0.3) is 0 Å². The summed E-state index contributed by atoms with van der Waals surface area (Å²) < 4.78 is 48.6. The van der Waals surface area contributed by atoms with E-state index in [1.54, 1.807) is 4.90 Å². The van der Waals surface area contributed by atoms with Crippen LogP contribution in [0.1, 0.15) is 48.3 Å². The van der Waals surface area contributed by atoms with Crippen LogP contribution in [0.5, 0.6) is 0 Å². The number of halogens is 3. The summed E-state index contributed by atoms with van der Waals surface area (Å²) in [5.41, 5.74) is 1.94. The lowest BCUT2D eigenvalue weighted by Gasteiger charge is -2.43. The van der Waals surface area contributed by atoms with Gasteiger partial charge in [-0.3, -0.25) is 0 Å². The number of fused-ring (bicyclic) bond motifs is 5. The minimum absolute atomic E-state index is 0.0784. The van der Waals surface area contributed by atoms with Crippen molar-refractivity contribution in [2.75, 3.05) is 6.61 Å². The molecule has 3 aromatic rings. The van der Waals surface area contributed by atoms with Crippen molar-refractivity contribution in [3.8, 4) is 11.1 Å². The van der Waals surface area contributed by atoms with Crippen LogP contribution in [0.2, 0.25) is 0 Å². The van der Waals surface area contributed by atoms with Gasteiger partial charge in [0.15, 0.2) is 11.6 Å². The first kappa shape index (κ1) is 22.2. The first-order chi connectivity index (χ1) is 16.9. The fourth-order valence-electron chi connectivity index (χ4n) is 6.35. The molecule has 2 saturated heterocycles. The molecule has 2 atom stereocenters. The van der Waals surface area contributed by atoms with E-state index in [1.807, 2.05) is 36.4 Å². The SMILES string of the molecule is O=C(OCC1c2ccccc2-c2ccccc21)N1C2CCC1CC(O)(c1c(F)ccc(F)c1F)C2. The number of hydrogen-bond acceptors (Lipinski definition) is 3. The van der Waals surface area contributed by atoms with Gasteiger partial charge < -0.3 is 14.7 Å². The Morgan fingerprint density at radius 1 is 0.886 bits per heavy atom. The molecule has 2 unspecified atom stereocenters. The molecule has 0 radical (unpaired) electrons. The molecule has 2 heterocycles. The zero-order valence-corrected chi connectivity index (χ0v) is 18.9. The summed E-state index contributed by atoms with van der Waals surface area (Å²) in [6, 6.07) is 16.8. The summed E-state index contributed by atoms with van der Waals surface area (Å²) in [5.74, 6) is -3.65. The summed E-state index contributed by atoms with van der Waals surface area (Å²) in [7, 11) is 0. The molecule has 1 amide bonds. The van der Waals surface area contributed by atoms with Gasteiger partial charge in [0.1, 0.15) is 12.4 Å². The van der Waals surface area contributed by atoms with E-state index >= 15 is 0 Å². The predicted octanol–water partition coefficient (Wildman–Crippen LogP) is 5.87. The minimum Gasteiger partial charge on any atom is -0.448 e. The highest BCUT2D eigenvalue weighted by Crippen LogP contribution is 2.48. The van der Waals surface area contributed by atoms with E-state index in [1.165, 1.54) is 0 Å². The van der Waals surface area contributed by atoms with Crippen LogP contribution in [-0.4, -0.2) is 34.8 Å². The lowest BCUT2D eigenvalue weighted by atomic mass is 9.80. The number of ether oxygens (including phenoxy) is 1. The molecule has 6 rings (SSSR count). The Labute approximate surface area is 201 Å². The van der Waals surface area contributed by atoms with Crippen molar-refractivity contribution in [1.29, 1.82) is 0 Å². The molecule has 7 heteroatoms. The second-order valence-electron chi connectivity index (χ2n) is 9.75. The average Bonchev–Trinajstić information content (AvgIpc) is 3.32. The number of benzene rings is 3. The Morgan fingerprint density at radius 2 is 1.43 bits per heavy atom. The monoisotopic (exact) mass is 479 g/mol. The fraction of sp³-hybridized carbons (Fsp3) is 0.321. The molecule has 35 heavy (non-hydrogen) atoms. The van der Waals surface area contributed by atoms with Gasteiger partial charge in [-0.25, -0.2) is 18.0 Å². The average molecular weight is 479 g/mol. The standard InChI is InChI=1S/C28H24F3NO3/c29-23-11-12-24(30)26(31)25(23)28(34)13-16-9-10-17(14-28)32(16)27(33)35-15-22-20-7-3-1-5-18(20)19-6-2-4-8-21(19)22/h1-8,11-12,16-17,22,34H,9-10,13-15H2. The highest BCUT2D eigenvalue weighted by molar-refractivity contribution is 5.79. The van der Waals surface area contributed by atoms with Crippen LogP contribution in [0.25, 0.3) is 11.1 Å². The van der Waals surface area contributed by atoms with Crippen LogP contribution in [0.15, 0.2) is 60.7 Å². The molecule has 2 fully saturated rings. The maximum Gasteiger partial charge on any atom is 0.410 e. The first-order valence-corrected chi connectivity index (χ1v) is 11.9. The van der Waals surface area contributed by atoms with E-state index in [0.29, 0.717) is 18.9 Å². The van der Waals surface area contributed by atoms with E-state index in [9.17, 15) is 23.1 Å². The van der Waals surface area contributed by atoms with Crippen molar-refractivity contribution in [3.63, 3.8) is 0 Å². The van der Waals surface area contributed by atoms with Crippen molar-refractivity contribution in [3.05, 3.63) is 94.8 Å². The largest absolute Gasteiger partial charge is 0.448 e. The third-order valence-corrected chi connectivity index (χ3v) is 7.82. The van der Waals surface area contributed by atoms with Crippen LogP contribution in [0.4, 0.5) is 18.0 Å². The Morgan fingerprint density at radius 3 is 2.03 bits per heavy atom. The van der Waals surface area contributed by atoms with Crippen LogP contribution in [0, 0.1) is 17.5 Å². The normalized spacial score (nSPS) is 24.9. The summed E-state index contributed by atoms with van der Waals surface area (Å²) in [5, 5.41) is 11.2. The number of aliphatic hydroxyl groups is 1. The van der Waals surface area contributed by atoms with Crippen LogP contribution < -0.4 is 0 Å². The molecule has 0 spiro atoms. The quantitative estimate of drug-likeness (QED) is 0.478. The van der Waals surface area contributed by atoms with E-state index in [2.05, 4.69) is 12.1 Å². The summed E-state index contributed by atoms with van der Waals surface area (Å²) in [6.07, 6.45) is 0.503. The summed E-state index contributed by atoms with van der Waals surface area (Å²) in [6.45, 7) is 0.167. The molecule has 1 aliphatic carbocycles. The fourth-order valence-corrected chi connectivity index (χ4v) is 6.35. The van der Waals surface area contributed by atoms with Crippen molar-refractivity contribution >= 4 is 6.09 Å². The predicted molar refractivity (Wildman–Crippen MR) is 123 cm³/mol. The van der Waals surface area contributed by atoms with Crippen molar-refractivity contribution in [2.45, 2.75) is 49.3 Å². The number of piperidine rings is 1. The zero-order valence-electron chi connectivity index (χ0n) is 18.9. The van der Waals surface area contributed by atoms with Crippen LogP contribution in [-0.2, 0) is 10.3 Å². The van der Waals surface area contributed by atoms with Gasteiger partial charge in [-0.2, -0.15) is 0 Å². The maximum atomic E-state index is 14.5.